The molecular formula is C28H28N6. The van der Waals surface area contributed by atoms with E-state index < -0.39 is 0 Å². The number of piperidine rings is 2. The molecule has 2 saturated heterocycles. The number of hydrogen-bond donors (Lipinski definition) is 4. The van der Waals surface area contributed by atoms with E-state index in [1.165, 1.54) is 48.2 Å². The second-order valence-electron chi connectivity index (χ2n) is 10.6. The van der Waals surface area contributed by atoms with Crippen LogP contribution in [-0.4, -0.2) is 32.0 Å². The van der Waals surface area contributed by atoms with E-state index in [4.69, 9.17) is 0 Å². The van der Waals surface area contributed by atoms with Gasteiger partial charge < -0.3 is 20.6 Å². The normalized spacial score (nSPS) is 30.8. The van der Waals surface area contributed by atoms with Crippen LogP contribution in [0.4, 0.5) is 0 Å². The zero-order valence-corrected chi connectivity index (χ0v) is 19.0. The lowest BCUT2D eigenvalue weighted by Gasteiger charge is -2.10. The van der Waals surface area contributed by atoms with Gasteiger partial charge in [0, 0.05) is 35.3 Å². The Morgan fingerprint density at radius 1 is 0.529 bits per heavy atom. The number of aromatic nitrogens is 4. The van der Waals surface area contributed by atoms with Gasteiger partial charge in [-0.1, -0.05) is 48.5 Å². The summed E-state index contributed by atoms with van der Waals surface area (Å²) in [7, 11) is 0. The number of rotatable bonds is 5. The van der Waals surface area contributed by atoms with E-state index in [2.05, 4.69) is 79.1 Å². The number of nitrogens with zero attached hydrogens (tertiary/aromatic N) is 2. The fourth-order valence-electron chi connectivity index (χ4n) is 6.08. The number of hydrogen-bond acceptors (Lipinski definition) is 4. The molecule has 2 aromatic heterocycles. The molecule has 170 valence electrons. The summed E-state index contributed by atoms with van der Waals surface area (Å²) in [5.41, 5.74) is 7.07. The molecular weight excluding hydrogens is 420 g/mol. The second-order valence-corrected chi connectivity index (χ2v) is 10.6. The smallest absolute Gasteiger partial charge is 0.137 e. The first-order chi connectivity index (χ1) is 16.8. The minimum atomic E-state index is 0.438. The summed E-state index contributed by atoms with van der Waals surface area (Å²) in [5.74, 6) is 3.66. The van der Waals surface area contributed by atoms with Crippen LogP contribution in [0, 0.1) is 11.8 Å². The highest BCUT2D eigenvalue weighted by molar-refractivity contribution is 5.70. The van der Waals surface area contributed by atoms with Gasteiger partial charge >= 0.3 is 0 Å². The van der Waals surface area contributed by atoms with E-state index in [1.54, 1.807) is 0 Å². The van der Waals surface area contributed by atoms with Gasteiger partial charge in [0.15, 0.2) is 0 Å². The van der Waals surface area contributed by atoms with Crippen LogP contribution in [0.3, 0.4) is 0 Å². The minimum absolute atomic E-state index is 0.438. The molecule has 0 spiro atoms. The average molecular weight is 449 g/mol. The van der Waals surface area contributed by atoms with E-state index in [0.717, 1.165) is 46.7 Å². The molecule has 0 radical (unpaired) electrons. The molecule has 4 fully saturated rings. The summed E-state index contributed by atoms with van der Waals surface area (Å²) >= 11 is 0. The van der Waals surface area contributed by atoms with Crippen LogP contribution in [0.15, 0.2) is 60.9 Å². The van der Waals surface area contributed by atoms with Gasteiger partial charge in [-0.2, -0.15) is 0 Å². The number of benzene rings is 2. The third kappa shape index (κ3) is 3.24. The first-order valence-electron chi connectivity index (χ1n) is 12.6. The van der Waals surface area contributed by atoms with Crippen molar-refractivity contribution in [3.8, 4) is 33.9 Å². The van der Waals surface area contributed by atoms with Crippen molar-refractivity contribution in [2.75, 3.05) is 0 Å². The van der Waals surface area contributed by atoms with Crippen LogP contribution in [0.2, 0.25) is 0 Å². The molecule has 8 rings (SSSR count). The summed E-state index contributed by atoms with van der Waals surface area (Å²) in [6, 6.07) is 19.7. The summed E-state index contributed by atoms with van der Waals surface area (Å²) in [6.07, 6.45) is 9.16. The first-order valence-corrected chi connectivity index (χ1v) is 12.6. The van der Waals surface area contributed by atoms with E-state index in [1.807, 2.05) is 12.4 Å². The minimum Gasteiger partial charge on any atom is -0.341 e. The highest BCUT2D eigenvalue weighted by Crippen LogP contribution is 2.46. The molecule has 4 heterocycles. The molecule has 6 nitrogen and oxygen atoms in total. The van der Waals surface area contributed by atoms with Gasteiger partial charge in [-0.15, -0.1) is 0 Å². The Balaban J connectivity index is 0.972. The van der Waals surface area contributed by atoms with Crippen LogP contribution < -0.4 is 10.6 Å². The predicted molar refractivity (Wildman–Crippen MR) is 132 cm³/mol. The fourth-order valence-corrected chi connectivity index (χ4v) is 6.08. The number of nitrogens with one attached hydrogen (secondary N) is 4. The molecule has 0 unspecified atom stereocenters. The van der Waals surface area contributed by atoms with Gasteiger partial charge in [-0.05, 0) is 48.6 Å². The van der Waals surface area contributed by atoms with Crippen molar-refractivity contribution >= 4 is 0 Å². The average Bonchev–Trinajstić information content (AvgIpc) is 3.46. The molecule has 2 aliphatic carbocycles. The van der Waals surface area contributed by atoms with Gasteiger partial charge in [0.1, 0.15) is 11.6 Å². The van der Waals surface area contributed by atoms with Gasteiger partial charge in [-0.25, -0.2) is 9.97 Å². The number of aromatic amines is 2. The van der Waals surface area contributed by atoms with Gasteiger partial charge in [0.25, 0.3) is 0 Å². The van der Waals surface area contributed by atoms with Crippen molar-refractivity contribution in [1.29, 1.82) is 0 Å². The molecule has 2 aromatic carbocycles. The maximum atomic E-state index is 4.64. The van der Waals surface area contributed by atoms with E-state index >= 15 is 0 Å². The fraction of sp³-hybridized carbons (Fsp3) is 0.357. The molecule has 2 aliphatic heterocycles. The summed E-state index contributed by atoms with van der Waals surface area (Å²) < 4.78 is 0. The SMILES string of the molecule is c1cc(-c2ncc([C@@H]3C[C@H]4C[C@H]4N3)[nH]2)ccc1-c1ccc(-c2ncc([C@@H]3C[C@H]4C[C@H]4N3)[nH]2)cc1. The Bertz CT molecular complexity index is 1220. The number of imidazole rings is 2. The third-order valence-corrected chi connectivity index (χ3v) is 8.34. The Kier molecular flexibility index (Phi) is 4.02. The topological polar surface area (TPSA) is 81.4 Å². The lowest BCUT2D eigenvalue weighted by atomic mass is 10.0. The van der Waals surface area contributed by atoms with Crippen molar-refractivity contribution in [3.05, 3.63) is 72.3 Å². The third-order valence-electron chi connectivity index (χ3n) is 8.34. The lowest BCUT2D eigenvalue weighted by molar-refractivity contribution is 0.556. The Labute approximate surface area is 198 Å². The largest absolute Gasteiger partial charge is 0.341 e. The zero-order chi connectivity index (χ0) is 22.2. The molecule has 4 aromatic rings. The molecule has 6 atom stereocenters. The standard InChI is InChI=1S/C28H28N6/c1-5-17(27-29-13-25(33-27)23-11-19-9-21(19)31-23)6-2-15(1)16-3-7-18(8-4-16)28-30-14-26(34-28)24-12-20-10-22(20)32-24/h1-8,13-14,19-24,31-32H,9-12H2,(H,29,33)(H,30,34)/t19-,20-,21-,22-,23+,24+/m1/s1. The summed E-state index contributed by atoms with van der Waals surface area (Å²) in [4.78, 5) is 16.4. The molecule has 4 aliphatic rings. The zero-order valence-electron chi connectivity index (χ0n) is 19.0. The van der Waals surface area contributed by atoms with Crippen molar-refractivity contribution in [2.45, 2.75) is 49.9 Å². The van der Waals surface area contributed by atoms with Crippen molar-refractivity contribution < 1.29 is 0 Å². The molecule has 4 N–H and O–H groups in total. The monoisotopic (exact) mass is 448 g/mol. The molecule has 6 heteroatoms. The van der Waals surface area contributed by atoms with Crippen molar-refractivity contribution in [3.63, 3.8) is 0 Å². The van der Waals surface area contributed by atoms with Crippen LogP contribution in [0.25, 0.3) is 33.9 Å². The van der Waals surface area contributed by atoms with Crippen LogP contribution in [0.1, 0.15) is 49.2 Å². The maximum Gasteiger partial charge on any atom is 0.137 e. The van der Waals surface area contributed by atoms with E-state index in [-0.39, 0.29) is 0 Å². The maximum absolute atomic E-state index is 4.64. The Hall–Kier alpha value is -3.22. The molecule has 2 saturated carbocycles. The van der Waals surface area contributed by atoms with Crippen LogP contribution in [-0.2, 0) is 0 Å². The van der Waals surface area contributed by atoms with E-state index in [0.29, 0.717) is 12.1 Å². The molecule has 0 amide bonds. The van der Waals surface area contributed by atoms with Gasteiger partial charge in [0.05, 0.1) is 23.8 Å². The van der Waals surface area contributed by atoms with Gasteiger partial charge in [-0.3, -0.25) is 0 Å². The highest BCUT2D eigenvalue weighted by atomic mass is 15.1. The predicted octanol–water partition coefficient (Wildman–Crippen LogP) is 4.98. The summed E-state index contributed by atoms with van der Waals surface area (Å²) in [6.45, 7) is 0. The molecule has 0 bridgehead atoms. The number of H-pyrrole nitrogens is 2. The van der Waals surface area contributed by atoms with Crippen molar-refractivity contribution in [2.24, 2.45) is 11.8 Å². The highest BCUT2D eigenvalue weighted by Gasteiger charge is 2.47. The van der Waals surface area contributed by atoms with Gasteiger partial charge in [0.2, 0.25) is 0 Å². The first kappa shape index (κ1) is 19.1. The van der Waals surface area contributed by atoms with E-state index in [9.17, 15) is 0 Å². The molecule has 34 heavy (non-hydrogen) atoms. The Morgan fingerprint density at radius 3 is 1.32 bits per heavy atom. The Morgan fingerprint density at radius 2 is 0.941 bits per heavy atom. The van der Waals surface area contributed by atoms with Crippen LogP contribution in [0.5, 0.6) is 0 Å². The summed E-state index contributed by atoms with van der Waals surface area (Å²) in [5, 5.41) is 7.39. The number of fused-ring (bicyclic) bond motifs is 2. The lowest BCUT2D eigenvalue weighted by Crippen LogP contribution is -2.17. The quantitative estimate of drug-likeness (QED) is 0.347. The van der Waals surface area contributed by atoms with Crippen LogP contribution >= 0.6 is 0 Å². The second kappa shape index (κ2) is 7.14. The van der Waals surface area contributed by atoms with Crippen molar-refractivity contribution in [1.82, 2.24) is 30.6 Å².